The Balaban J connectivity index is 1.67. The summed E-state index contributed by atoms with van der Waals surface area (Å²) >= 11 is 1.35. The van der Waals surface area contributed by atoms with Crippen molar-refractivity contribution < 1.29 is 22.6 Å². The van der Waals surface area contributed by atoms with Crippen molar-refractivity contribution in [3.05, 3.63) is 39.7 Å². The number of hydrogen-bond donors (Lipinski definition) is 1. The Hall–Kier alpha value is -2.17. The molecule has 3 aliphatic rings. The van der Waals surface area contributed by atoms with Gasteiger partial charge in [-0.1, -0.05) is 0 Å². The molecule has 1 atom stereocenters. The summed E-state index contributed by atoms with van der Waals surface area (Å²) in [6.45, 7) is 1.97. The molecule has 1 N–H and O–H groups in total. The number of nitrogens with zero attached hydrogens (tertiary/aromatic N) is 3. The van der Waals surface area contributed by atoms with Crippen LogP contribution in [0.5, 0.6) is 0 Å². The van der Waals surface area contributed by atoms with E-state index in [1.165, 1.54) is 34.1 Å². The van der Waals surface area contributed by atoms with Crippen molar-refractivity contribution in [1.82, 2.24) is 14.6 Å². The van der Waals surface area contributed by atoms with E-state index in [0.717, 1.165) is 22.6 Å². The SMILES string of the molecule is C[N+]1=C2C=CC(S(=O)(=O)NC3(C)CC3)=CC2C(=O)N(Cc2cncs2)C1=O. The van der Waals surface area contributed by atoms with Gasteiger partial charge in [-0.2, -0.15) is 14.3 Å². The predicted molar refractivity (Wildman–Crippen MR) is 99.7 cm³/mol. The van der Waals surface area contributed by atoms with Crippen molar-refractivity contribution in [2.75, 3.05) is 7.05 Å². The van der Waals surface area contributed by atoms with Crippen LogP contribution < -0.4 is 4.72 Å². The highest BCUT2D eigenvalue weighted by Gasteiger charge is 2.48. The van der Waals surface area contributed by atoms with Gasteiger partial charge in [0.25, 0.3) is 0 Å². The lowest BCUT2D eigenvalue weighted by Crippen LogP contribution is -2.53. The zero-order valence-corrected chi connectivity index (χ0v) is 16.5. The minimum absolute atomic E-state index is 0.0539. The van der Waals surface area contributed by atoms with Crippen molar-refractivity contribution in [3.63, 3.8) is 0 Å². The molecule has 0 saturated heterocycles. The molecule has 0 bridgehead atoms. The van der Waals surface area contributed by atoms with Crippen LogP contribution >= 0.6 is 11.3 Å². The van der Waals surface area contributed by atoms with Crippen molar-refractivity contribution >= 4 is 39.0 Å². The van der Waals surface area contributed by atoms with Crippen molar-refractivity contribution in [1.29, 1.82) is 0 Å². The molecule has 1 unspecified atom stereocenters. The van der Waals surface area contributed by atoms with E-state index >= 15 is 0 Å². The summed E-state index contributed by atoms with van der Waals surface area (Å²) in [4.78, 5) is 31.5. The van der Waals surface area contributed by atoms with Crippen LogP contribution in [0.3, 0.4) is 0 Å². The third kappa shape index (κ3) is 3.28. The van der Waals surface area contributed by atoms with E-state index < -0.39 is 33.4 Å². The van der Waals surface area contributed by atoms with Gasteiger partial charge in [-0.3, -0.25) is 4.98 Å². The van der Waals surface area contributed by atoms with Gasteiger partial charge in [0, 0.05) is 11.7 Å². The lowest BCUT2D eigenvalue weighted by molar-refractivity contribution is -0.406. The smallest absolute Gasteiger partial charge is 0.253 e. The number of fused-ring (bicyclic) bond motifs is 1. The Kier molecular flexibility index (Phi) is 4.17. The molecule has 142 valence electrons. The van der Waals surface area contributed by atoms with Crippen LogP contribution in [0.25, 0.3) is 0 Å². The molecule has 10 heteroatoms. The molecule has 1 aliphatic heterocycles. The van der Waals surface area contributed by atoms with Gasteiger partial charge >= 0.3 is 11.9 Å². The summed E-state index contributed by atoms with van der Waals surface area (Å²) in [5.74, 6) is -1.25. The van der Waals surface area contributed by atoms with E-state index in [0.29, 0.717) is 5.71 Å². The maximum absolute atomic E-state index is 13.0. The van der Waals surface area contributed by atoms with E-state index in [9.17, 15) is 18.0 Å². The number of nitrogens with one attached hydrogen (secondary N) is 1. The summed E-state index contributed by atoms with van der Waals surface area (Å²) in [6, 6.07) is -0.437. The quantitative estimate of drug-likeness (QED) is 0.740. The van der Waals surface area contributed by atoms with Gasteiger partial charge in [0.15, 0.2) is 0 Å². The summed E-state index contributed by atoms with van der Waals surface area (Å²) in [7, 11) is -2.14. The first-order chi connectivity index (χ1) is 12.7. The second-order valence-electron chi connectivity index (χ2n) is 7.20. The largest absolute Gasteiger partial charge is 0.501 e. The molecular weight excluding hydrogens is 388 g/mol. The van der Waals surface area contributed by atoms with Crippen molar-refractivity contribution in [2.45, 2.75) is 31.8 Å². The number of hydrogen-bond acceptors (Lipinski definition) is 6. The Bertz CT molecular complexity index is 1020. The Morgan fingerprint density at radius 2 is 2.11 bits per heavy atom. The topological polar surface area (TPSA) is 99.4 Å². The van der Waals surface area contributed by atoms with Crippen LogP contribution in [-0.4, -0.2) is 53.1 Å². The van der Waals surface area contributed by atoms with Crippen LogP contribution in [-0.2, 0) is 21.4 Å². The van der Waals surface area contributed by atoms with E-state index in [-0.39, 0.29) is 11.4 Å². The number of allylic oxidation sites excluding steroid dienone is 2. The molecule has 1 saturated carbocycles. The van der Waals surface area contributed by atoms with Gasteiger partial charge in [-0.25, -0.2) is 17.9 Å². The number of carbonyl (C=O) groups excluding carboxylic acids is 2. The Morgan fingerprint density at radius 3 is 2.74 bits per heavy atom. The number of aromatic nitrogens is 1. The number of imide groups is 1. The maximum Gasteiger partial charge on any atom is 0.501 e. The third-order valence-corrected chi connectivity index (χ3v) is 7.41. The molecule has 2 heterocycles. The molecule has 1 aromatic rings. The fourth-order valence-corrected chi connectivity index (χ4v) is 5.24. The molecule has 27 heavy (non-hydrogen) atoms. The second-order valence-corrected chi connectivity index (χ2v) is 9.86. The highest BCUT2D eigenvalue weighted by Crippen LogP contribution is 2.36. The molecule has 1 aromatic heterocycles. The lowest BCUT2D eigenvalue weighted by Gasteiger charge is -2.26. The zero-order valence-electron chi connectivity index (χ0n) is 14.9. The van der Waals surface area contributed by atoms with Gasteiger partial charge in [0.1, 0.15) is 18.2 Å². The molecule has 2 aliphatic carbocycles. The molecule has 8 nitrogen and oxygen atoms in total. The molecule has 0 radical (unpaired) electrons. The van der Waals surface area contributed by atoms with Crippen molar-refractivity contribution in [3.8, 4) is 0 Å². The van der Waals surface area contributed by atoms with Gasteiger partial charge < -0.3 is 0 Å². The Morgan fingerprint density at radius 1 is 1.37 bits per heavy atom. The van der Waals surface area contributed by atoms with E-state index in [1.807, 2.05) is 6.92 Å². The van der Waals surface area contributed by atoms with Crippen LogP contribution in [0.4, 0.5) is 4.79 Å². The number of amides is 3. The fraction of sp³-hybridized carbons (Fsp3) is 0.412. The molecular formula is C17H19N4O4S2+. The molecule has 3 amide bonds. The molecule has 0 aromatic carbocycles. The minimum atomic E-state index is -3.72. The predicted octanol–water partition coefficient (Wildman–Crippen LogP) is 1.23. The van der Waals surface area contributed by atoms with Crippen LogP contribution in [0.2, 0.25) is 0 Å². The Labute approximate surface area is 161 Å². The first-order valence-electron chi connectivity index (χ1n) is 8.47. The number of thiazole rings is 1. The lowest BCUT2D eigenvalue weighted by atomic mass is 9.94. The number of rotatable bonds is 5. The number of sulfonamides is 1. The normalized spacial score (nSPS) is 24.1. The average Bonchev–Trinajstić information content (AvgIpc) is 3.12. The number of urea groups is 1. The fourth-order valence-electron chi connectivity index (χ4n) is 3.12. The number of carbonyl (C=O) groups is 2. The minimum Gasteiger partial charge on any atom is -0.253 e. The average molecular weight is 407 g/mol. The van der Waals surface area contributed by atoms with E-state index in [1.54, 1.807) is 18.8 Å². The van der Waals surface area contributed by atoms with Crippen LogP contribution in [0.15, 0.2) is 34.8 Å². The molecule has 4 rings (SSSR count). The highest BCUT2D eigenvalue weighted by molar-refractivity contribution is 7.93. The van der Waals surface area contributed by atoms with Gasteiger partial charge in [0.2, 0.25) is 10.0 Å². The monoisotopic (exact) mass is 407 g/mol. The highest BCUT2D eigenvalue weighted by atomic mass is 32.2. The molecule has 1 fully saturated rings. The zero-order chi connectivity index (χ0) is 19.4. The van der Waals surface area contributed by atoms with Crippen LogP contribution in [0, 0.1) is 5.92 Å². The van der Waals surface area contributed by atoms with Gasteiger partial charge in [-0.05, 0) is 38.0 Å². The first kappa shape index (κ1) is 18.2. The first-order valence-corrected chi connectivity index (χ1v) is 10.8. The third-order valence-electron chi connectivity index (χ3n) is 4.99. The van der Waals surface area contributed by atoms with Gasteiger partial charge in [0.05, 0.1) is 22.3 Å². The molecule has 0 spiro atoms. The summed E-state index contributed by atoms with van der Waals surface area (Å²) in [5, 5.41) is 0. The summed E-state index contributed by atoms with van der Waals surface area (Å²) in [5.41, 5.74) is 1.70. The van der Waals surface area contributed by atoms with E-state index in [4.69, 9.17) is 0 Å². The van der Waals surface area contributed by atoms with Crippen molar-refractivity contribution in [2.24, 2.45) is 5.92 Å². The van der Waals surface area contributed by atoms with Crippen LogP contribution in [0.1, 0.15) is 24.6 Å². The second kappa shape index (κ2) is 6.18. The summed E-state index contributed by atoms with van der Waals surface area (Å²) < 4.78 is 29.4. The maximum atomic E-state index is 13.0. The van der Waals surface area contributed by atoms with Gasteiger partial charge in [-0.15, -0.1) is 11.3 Å². The standard InChI is InChI=1S/C17H19N4O4S2/c1-17(5-6-17)19-27(24,25)12-3-4-14-13(7-12)15(22)21(16(23)20(14)2)9-11-8-18-10-26-11/h3-4,7-8,10,13,19H,5-6,9H2,1-2H3/q+1. The summed E-state index contributed by atoms with van der Waals surface area (Å²) in [6.07, 6.45) is 7.60. The van der Waals surface area contributed by atoms with E-state index in [2.05, 4.69) is 9.71 Å².